The Hall–Kier alpha value is -1.60. The van der Waals surface area contributed by atoms with Crippen LogP contribution >= 0.6 is 0 Å². The number of benzene rings is 1. The first-order chi connectivity index (χ1) is 9.89. The minimum Gasteiger partial charge on any atom is -0.373 e. The van der Waals surface area contributed by atoms with Crippen molar-refractivity contribution < 1.29 is 13.2 Å². The maximum absolute atomic E-state index is 12.3. The number of hydrogen-bond acceptors (Lipinski definition) is 4. The summed E-state index contributed by atoms with van der Waals surface area (Å²) in [6.07, 6.45) is 3.19. The Morgan fingerprint density at radius 1 is 1.24 bits per heavy atom. The molecular formula is C14H21N3O3S. The number of sulfonamides is 1. The van der Waals surface area contributed by atoms with Crippen molar-refractivity contribution in [3.63, 3.8) is 0 Å². The van der Waals surface area contributed by atoms with E-state index in [1.165, 1.54) is 6.07 Å². The van der Waals surface area contributed by atoms with Gasteiger partial charge >= 0.3 is 0 Å². The molecule has 0 saturated carbocycles. The van der Waals surface area contributed by atoms with Crippen molar-refractivity contribution in [1.82, 2.24) is 4.90 Å². The van der Waals surface area contributed by atoms with Crippen molar-refractivity contribution in [2.45, 2.75) is 37.1 Å². The van der Waals surface area contributed by atoms with Crippen LogP contribution in [0.15, 0.2) is 29.2 Å². The molecule has 1 heterocycles. The molecule has 0 bridgehead atoms. The lowest BCUT2D eigenvalue weighted by Crippen LogP contribution is -2.44. The van der Waals surface area contributed by atoms with Crippen LogP contribution in [0.4, 0.5) is 5.69 Å². The van der Waals surface area contributed by atoms with Crippen LogP contribution in [-0.4, -0.2) is 38.4 Å². The van der Waals surface area contributed by atoms with Gasteiger partial charge in [-0.15, -0.1) is 0 Å². The summed E-state index contributed by atoms with van der Waals surface area (Å²) < 4.78 is 23.1. The highest BCUT2D eigenvalue weighted by Gasteiger charge is 2.23. The Balaban J connectivity index is 2.12. The number of rotatable bonds is 4. The zero-order chi connectivity index (χ0) is 15.5. The number of primary sulfonamides is 1. The third-order valence-corrected chi connectivity index (χ3v) is 4.57. The molecule has 0 radical (unpaired) electrons. The number of anilines is 1. The summed E-state index contributed by atoms with van der Waals surface area (Å²) in [6, 6.07) is 5.85. The average Bonchev–Trinajstić information content (AvgIpc) is 2.47. The Labute approximate surface area is 125 Å². The van der Waals surface area contributed by atoms with Gasteiger partial charge in [-0.1, -0.05) is 12.1 Å². The molecule has 116 valence electrons. The fourth-order valence-corrected chi connectivity index (χ4v) is 3.22. The van der Waals surface area contributed by atoms with Gasteiger partial charge in [0.15, 0.2) is 0 Å². The predicted octanol–water partition coefficient (Wildman–Crippen LogP) is 1.15. The normalized spacial score (nSPS) is 17.3. The summed E-state index contributed by atoms with van der Waals surface area (Å²) in [7, 11) is -3.82. The lowest BCUT2D eigenvalue weighted by atomic mass is 10.1. The van der Waals surface area contributed by atoms with Gasteiger partial charge in [-0.3, -0.25) is 4.79 Å². The molecule has 1 fully saturated rings. The van der Waals surface area contributed by atoms with Crippen molar-refractivity contribution in [2.75, 3.05) is 18.4 Å². The van der Waals surface area contributed by atoms with Crippen molar-refractivity contribution in [3.05, 3.63) is 24.3 Å². The summed E-state index contributed by atoms with van der Waals surface area (Å²) >= 11 is 0. The van der Waals surface area contributed by atoms with E-state index in [9.17, 15) is 13.2 Å². The largest absolute Gasteiger partial charge is 0.373 e. The molecule has 21 heavy (non-hydrogen) atoms. The van der Waals surface area contributed by atoms with Crippen LogP contribution in [0.25, 0.3) is 0 Å². The third-order valence-electron chi connectivity index (χ3n) is 3.60. The van der Waals surface area contributed by atoms with E-state index in [1.54, 1.807) is 25.1 Å². The molecule has 1 aromatic rings. The summed E-state index contributed by atoms with van der Waals surface area (Å²) in [5, 5.41) is 8.15. The smallest absolute Gasteiger partial charge is 0.244 e. The number of carbonyl (C=O) groups excluding carboxylic acids is 1. The van der Waals surface area contributed by atoms with E-state index in [0.29, 0.717) is 5.69 Å². The minimum absolute atomic E-state index is 0.00305. The molecule has 2 rings (SSSR count). The molecule has 1 aliphatic heterocycles. The van der Waals surface area contributed by atoms with Gasteiger partial charge in [0.1, 0.15) is 10.9 Å². The molecule has 0 spiro atoms. The van der Waals surface area contributed by atoms with Crippen LogP contribution in [0.1, 0.15) is 26.2 Å². The Kier molecular flexibility index (Phi) is 4.84. The maximum atomic E-state index is 12.3. The van der Waals surface area contributed by atoms with E-state index >= 15 is 0 Å². The highest BCUT2D eigenvalue weighted by Crippen LogP contribution is 2.21. The SMILES string of the molecule is CC(Nc1ccccc1S(N)(=O)=O)C(=O)N1CCCCC1. The Morgan fingerprint density at radius 2 is 1.86 bits per heavy atom. The fourth-order valence-electron chi connectivity index (χ4n) is 2.52. The van der Waals surface area contributed by atoms with Gasteiger partial charge in [0.2, 0.25) is 15.9 Å². The van der Waals surface area contributed by atoms with E-state index in [2.05, 4.69) is 5.32 Å². The van der Waals surface area contributed by atoms with Gasteiger partial charge in [-0.25, -0.2) is 13.6 Å². The molecule has 3 N–H and O–H groups in total. The highest BCUT2D eigenvalue weighted by molar-refractivity contribution is 7.89. The van der Waals surface area contributed by atoms with Gasteiger partial charge in [-0.05, 0) is 38.3 Å². The minimum atomic E-state index is -3.82. The maximum Gasteiger partial charge on any atom is 0.244 e. The molecule has 1 atom stereocenters. The molecule has 0 aliphatic carbocycles. The molecule has 1 unspecified atom stereocenters. The lowest BCUT2D eigenvalue weighted by Gasteiger charge is -2.30. The van der Waals surface area contributed by atoms with E-state index < -0.39 is 16.1 Å². The van der Waals surface area contributed by atoms with Crippen LogP contribution in [0.2, 0.25) is 0 Å². The molecule has 6 nitrogen and oxygen atoms in total. The topological polar surface area (TPSA) is 92.5 Å². The molecule has 1 aromatic carbocycles. The number of nitrogens with two attached hydrogens (primary N) is 1. The van der Waals surface area contributed by atoms with E-state index in [0.717, 1.165) is 32.4 Å². The number of nitrogens with one attached hydrogen (secondary N) is 1. The highest BCUT2D eigenvalue weighted by atomic mass is 32.2. The van der Waals surface area contributed by atoms with Gasteiger partial charge < -0.3 is 10.2 Å². The summed E-state index contributed by atoms with van der Waals surface area (Å²) in [4.78, 5) is 14.2. The van der Waals surface area contributed by atoms with Crippen LogP contribution < -0.4 is 10.5 Å². The standard InChI is InChI=1S/C14H21N3O3S/c1-11(14(18)17-9-5-2-6-10-17)16-12-7-3-4-8-13(12)21(15,19)20/h3-4,7-8,11,16H,2,5-6,9-10H2,1H3,(H2,15,19,20). The van der Waals surface area contributed by atoms with E-state index in [4.69, 9.17) is 5.14 Å². The number of para-hydroxylation sites is 1. The summed E-state index contributed by atoms with van der Waals surface area (Å²) in [6.45, 7) is 3.26. The van der Waals surface area contributed by atoms with Crippen molar-refractivity contribution in [3.8, 4) is 0 Å². The summed E-state index contributed by atoms with van der Waals surface area (Å²) in [5.41, 5.74) is 0.359. The molecule has 1 saturated heterocycles. The van der Waals surface area contributed by atoms with Crippen LogP contribution in [-0.2, 0) is 14.8 Å². The van der Waals surface area contributed by atoms with Crippen molar-refractivity contribution >= 4 is 21.6 Å². The molecule has 0 aromatic heterocycles. The number of piperidine rings is 1. The second-order valence-electron chi connectivity index (χ2n) is 5.29. The van der Waals surface area contributed by atoms with Gasteiger partial charge in [-0.2, -0.15) is 0 Å². The van der Waals surface area contributed by atoms with Crippen LogP contribution in [0.5, 0.6) is 0 Å². The van der Waals surface area contributed by atoms with Crippen molar-refractivity contribution in [2.24, 2.45) is 5.14 Å². The quantitative estimate of drug-likeness (QED) is 0.872. The Morgan fingerprint density at radius 3 is 2.48 bits per heavy atom. The number of nitrogens with zero attached hydrogens (tertiary/aromatic N) is 1. The summed E-state index contributed by atoms with van der Waals surface area (Å²) in [5.74, 6) is -0.0149. The fraction of sp³-hybridized carbons (Fsp3) is 0.500. The van der Waals surface area contributed by atoms with Gasteiger partial charge in [0.05, 0.1) is 5.69 Å². The Bertz CT molecular complexity index is 610. The average molecular weight is 311 g/mol. The van der Waals surface area contributed by atoms with Crippen LogP contribution in [0, 0.1) is 0 Å². The van der Waals surface area contributed by atoms with E-state index in [-0.39, 0.29) is 10.8 Å². The molecule has 1 aliphatic rings. The molecular weight excluding hydrogens is 290 g/mol. The number of hydrogen-bond donors (Lipinski definition) is 2. The second kappa shape index (κ2) is 6.44. The van der Waals surface area contributed by atoms with Gasteiger partial charge in [0.25, 0.3) is 0 Å². The second-order valence-corrected chi connectivity index (χ2v) is 6.82. The number of carbonyl (C=O) groups is 1. The number of amides is 1. The first-order valence-electron chi connectivity index (χ1n) is 7.07. The monoisotopic (exact) mass is 311 g/mol. The zero-order valence-electron chi connectivity index (χ0n) is 12.1. The lowest BCUT2D eigenvalue weighted by molar-refractivity contribution is -0.132. The zero-order valence-corrected chi connectivity index (χ0v) is 12.9. The number of likely N-dealkylation sites (tertiary alicyclic amines) is 1. The first-order valence-corrected chi connectivity index (χ1v) is 8.61. The third kappa shape index (κ3) is 3.95. The molecule has 1 amide bonds. The van der Waals surface area contributed by atoms with E-state index in [1.807, 2.05) is 4.90 Å². The van der Waals surface area contributed by atoms with Crippen molar-refractivity contribution in [1.29, 1.82) is 0 Å². The van der Waals surface area contributed by atoms with Gasteiger partial charge in [0, 0.05) is 13.1 Å². The predicted molar refractivity (Wildman–Crippen MR) is 81.3 cm³/mol. The van der Waals surface area contributed by atoms with Crippen LogP contribution in [0.3, 0.4) is 0 Å². The first kappa shape index (κ1) is 15.8. The molecule has 7 heteroatoms.